The molecule has 1 saturated heterocycles. The predicted octanol–water partition coefficient (Wildman–Crippen LogP) is 2.27. The smallest absolute Gasteiger partial charge is 0.336 e. The summed E-state index contributed by atoms with van der Waals surface area (Å²) in [6.07, 6.45) is -2.51. The number of nitrogens with one attached hydrogen (secondary N) is 3. The summed E-state index contributed by atoms with van der Waals surface area (Å²) >= 11 is 0. The van der Waals surface area contributed by atoms with Gasteiger partial charge >= 0.3 is 6.18 Å². The summed E-state index contributed by atoms with van der Waals surface area (Å²) in [6, 6.07) is 3.66. The molecule has 33 heavy (non-hydrogen) atoms. The number of H-pyrrole nitrogens is 1. The topological polar surface area (TPSA) is 108 Å². The molecule has 1 aromatic carbocycles. The number of nitrogens with zero attached hydrogens (tertiary/aromatic N) is 4. The second kappa shape index (κ2) is 8.65. The second-order valence-electron chi connectivity index (χ2n) is 7.36. The van der Waals surface area contributed by atoms with Gasteiger partial charge in [-0.1, -0.05) is 0 Å². The lowest BCUT2D eigenvalue weighted by atomic mass is 10.1. The molecule has 3 heterocycles. The minimum atomic E-state index is -4.69. The number of carbonyl (C=O) groups is 2. The van der Waals surface area contributed by atoms with Gasteiger partial charge in [-0.05, 0) is 18.2 Å². The van der Waals surface area contributed by atoms with E-state index in [-0.39, 0.29) is 28.3 Å². The van der Waals surface area contributed by atoms with Crippen molar-refractivity contribution in [2.45, 2.75) is 6.18 Å². The molecule has 0 bridgehead atoms. The minimum Gasteiger partial charge on any atom is -0.336 e. The molecule has 0 unspecified atom stereocenters. The number of benzene rings is 1. The standard InChI is InChI=1S/C20H19F4N7O2/c1-30-15(13-9-27-29-16(13)20(22,23)24)10-26-17(30)18(32)28-11-2-3-12(14(21)8-11)19(33)31-6-4-25-5-7-31/h2-3,8-10,25H,4-7H2,1H3,(H,27,29)(H,28,32). The Balaban J connectivity index is 1.52. The molecule has 9 nitrogen and oxygen atoms in total. The summed E-state index contributed by atoms with van der Waals surface area (Å²) in [4.78, 5) is 30.6. The first-order valence-electron chi connectivity index (χ1n) is 9.90. The van der Waals surface area contributed by atoms with Crippen LogP contribution < -0.4 is 10.6 Å². The molecule has 4 rings (SSSR count). The third-order valence-electron chi connectivity index (χ3n) is 5.24. The number of halogens is 4. The normalized spacial score (nSPS) is 14.4. The van der Waals surface area contributed by atoms with Gasteiger partial charge in [0.25, 0.3) is 11.8 Å². The highest BCUT2D eigenvalue weighted by molar-refractivity contribution is 6.03. The van der Waals surface area contributed by atoms with Crippen LogP contribution in [0.4, 0.5) is 23.2 Å². The fourth-order valence-corrected chi connectivity index (χ4v) is 3.56. The summed E-state index contributed by atoms with van der Waals surface area (Å²) < 4.78 is 55.2. The molecule has 13 heteroatoms. The van der Waals surface area contributed by atoms with Crippen LogP contribution in [0.2, 0.25) is 0 Å². The van der Waals surface area contributed by atoms with Gasteiger partial charge in [-0.2, -0.15) is 18.3 Å². The monoisotopic (exact) mass is 465 g/mol. The SMILES string of the molecule is Cn1c(-c2c[nH]nc2C(F)(F)F)cnc1C(=O)Nc1ccc(C(=O)N2CCNCC2)c(F)c1. The Hall–Kier alpha value is -3.74. The highest BCUT2D eigenvalue weighted by atomic mass is 19.4. The van der Waals surface area contributed by atoms with Crippen LogP contribution in [-0.2, 0) is 13.2 Å². The average Bonchev–Trinajstić information content (AvgIpc) is 3.40. The maximum atomic E-state index is 14.6. The lowest BCUT2D eigenvalue weighted by Crippen LogP contribution is -2.46. The number of anilines is 1. The van der Waals surface area contributed by atoms with Crippen LogP contribution in [0.3, 0.4) is 0 Å². The molecule has 1 fully saturated rings. The van der Waals surface area contributed by atoms with E-state index in [0.29, 0.717) is 26.2 Å². The van der Waals surface area contributed by atoms with E-state index in [1.165, 1.54) is 28.6 Å². The third-order valence-corrected chi connectivity index (χ3v) is 5.24. The van der Waals surface area contributed by atoms with Crippen LogP contribution in [0.5, 0.6) is 0 Å². The lowest BCUT2D eigenvalue weighted by Gasteiger charge is -2.27. The number of hydrogen-bond acceptors (Lipinski definition) is 5. The summed E-state index contributed by atoms with van der Waals surface area (Å²) in [6.45, 7) is 2.17. The highest BCUT2D eigenvalue weighted by Crippen LogP contribution is 2.35. The molecule has 0 radical (unpaired) electrons. The van der Waals surface area contributed by atoms with Gasteiger partial charge in [-0.25, -0.2) is 9.37 Å². The van der Waals surface area contributed by atoms with Gasteiger partial charge in [-0.3, -0.25) is 14.7 Å². The van der Waals surface area contributed by atoms with E-state index in [0.717, 1.165) is 18.5 Å². The molecule has 1 aliphatic rings. The first-order chi connectivity index (χ1) is 15.7. The molecule has 0 spiro atoms. The molecular weight excluding hydrogens is 446 g/mol. The number of amides is 2. The molecule has 0 atom stereocenters. The van der Waals surface area contributed by atoms with Crippen molar-refractivity contribution in [3.8, 4) is 11.3 Å². The summed E-state index contributed by atoms with van der Waals surface area (Å²) in [5, 5.41) is 10.9. The van der Waals surface area contributed by atoms with Crippen molar-refractivity contribution >= 4 is 17.5 Å². The average molecular weight is 465 g/mol. The molecular formula is C20H19F4N7O2. The third kappa shape index (κ3) is 4.44. The Morgan fingerprint density at radius 1 is 1.18 bits per heavy atom. The first kappa shape index (κ1) is 22.5. The Bertz CT molecular complexity index is 1200. The van der Waals surface area contributed by atoms with E-state index >= 15 is 0 Å². The van der Waals surface area contributed by atoms with E-state index in [9.17, 15) is 27.2 Å². The van der Waals surface area contributed by atoms with Gasteiger partial charge in [-0.15, -0.1) is 0 Å². The molecule has 1 aliphatic heterocycles. The summed E-state index contributed by atoms with van der Waals surface area (Å²) in [5.41, 5.74) is -1.43. The molecule has 3 N–H and O–H groups in total. The van der Waals surface area contributed by atoms with Crippen molar-refractivity contribution in [3.05, 3.63) is 53.5 Å². The molecule has 0 aliphatic carbocycles. The van der Waals surface area contributed by atoms with Crippen LogP contribution >= 0.6 is 0 Å². The Morgan fingerprint density at radius 2 is 1.91 bits per heavy atom. The number of aromatic amines is 1. The van der Waals surface area contributed by atoms with E-state index in [1.807, 2.05) is 0 Å². The first-order valence-corrected chi connectivity index (χ1v) is 9.90. The zero-order valence-corrected chi connectivity index (χ0v) is 17.3. The lowest BCUT2D eigenvalue weighted by molar-refractivity contribution is -0.140. The number of aromatic nitrogens is 4. The summed E-state index contributed by atoms with van der Waals surface area (Å²) in [7, 11) is 1.38. The summed E-state index contributed by atoms with van der Waals surface area (Å²) in [5.74, 6) is -2.20. The Labute approximate surface area is 184 Å². The van der Waals surface area contributed by atoms with Crippen LogP contribution in [0.25, 0.3) is 11.3 Å². The van der Waals surface area contributed by atoms with E-state index in [1.54, 1.807) is 0 Å². The Morgan fingerprint density at radius 3 is 2.58 bits per heavy atom. The molecule has 2 aromatic heterocycles. The van der Waals surface area contributed by atoms with E-state index in [2.05, 4.69) is 25.8 Å². The van der Waals surface area contributed by atoms with Crippen molar-refractivity contribution in [1.82, 2.24) is 30.0 Å². The van der Waals surface area contributed by atoms with Crippen LogP contribution in [0, 0.1) is 5.82 Å². The van der Waals surface area contributed by atoms with Crippen molar-refractivity contribution < 1.29 is 27.2 Å². The second-order valence-corrected chi connectivity index (χ2v) is 7.36. The van der Waals surface area contributed by atoms with Crippen LogP contribution in [-0.4, -0.2) is 62.6 Å². The number of hydrogen-bond donors (Lipinski definition) is 3. The van der Waals surface area contributed by atoms with Crippen molar-refractivity contribution in [1.29, 1.82) is 0 Å². The largest absolute Gasteiger partial charge is 0.435 e. The number of piperazine rings is 1. The van der Waals surface area contributed by atoms with Crippen molar-refractivity contribution in [3.63, 3.8) is 0 Å². The maximum absolute atomic E-state index is 14.6. The van der Waals surface area contributed by atoms with Gasteiger partial charge in [0.1, 0.15) is 5.82 Å². The van der Waals surface area contributed by atoms with Gasteiger partial charge in [0.2, 0.25) is 0 Å². The fraction of sp³-hybridized carbons (Fsp3) is 0.300. The molecule has 174 valence electrons. The fourth-order valence-electron chi connectivity index (χ4n) is 3.56. The Kier molecular flexibility index (Phi) is 5.89. The van der Waals surface area contributed by atoms with Gasteiger partial charge in [0, 0.05) is 45.1 Å². The molecule has 0 saturated carbocycles. The van der Waals surface area contributed by atoms with Gasteiger partial charge < -0.3 is 20.1 Å². The molecule has 2 amide bonds. The van der Waals surface area contributed by atoms with E-state index in [4.69, 9.17) is 0 Å². The zero-order valence-electron chi connectivity index (χ0n) is 17.3. The predicted molar refractivity (Wildman–Crippen MR) is 109 cm³/mol. The van der Waals surface area contributed by atoms with E-state index < -0.39 is 29.5 Å². The quantitative estimate of drug-likeness (QED) is 0.513. The van der Waals surface area contributed by atoms with Gasteiger partial charge in [0.15, 0.2) is 11.5 Å². The van der Waals surface area contributed by atoms with Crippen LogP contribution in [0.15, 0.2) is 30.6 Å². The zero-order chi connectivity index (χ0) is 23.8. The van der Waals surface area contributed by atoms with Crippen LogP contribution in [0.1, 0.15) is 26.7 Å². The highest BCUT2D eigenvalue weighted by Gasteiger charge is 2.37. The van der Waals surface area contributed by atoms with Crippen molar-refractivity contribution in [2.24, 2.45) is 7.05 Å². The van der Waals surface area contributed by atoms with Crippen molar-refractivity contribution in [2.75, 3.05) is 31.5 Å². The number of imidazole rings is 1. The maximum Gasteiger partial charge on any atom is 0.435 e. The number of alkyl halides is 3. The minimum absolute atomic E-state index is 0.0179. The number of carbonyl (C=O) groups excluding carboxylic acids is 2. The number of rotatable bonds is 4. The molecule has 3 aromatic rings. The van der Waals surface area contributed by atoms with Gasteiger partial charge in [0.05, 0.1) is 23.0 Å².